The van der Waals surface area contributed by atoms with Gasteiger partial charge in [0.25, 0.3) is 0 Å². The van der Waals surface area contributed by atoms with Gasteiger partial charge in [0.1, 0.15) is 0 Å². The number of nitrogens with zero attached hydrogens (tertiary/aromatic N) is 1. The van der Waals surface area contributed by atoms with Crippen LogP contribution in [0.15, 0.2) is 57.7 Å². The van der Waals surface area contributed by atoms with Crippen molar-refractivity contribution >= 4 is 31.9 Å². The van der Waals surface area contributed by atoms with Crippen molar-refractivity contribution in [2.45, 2.75) is 6.54 Å². The van der Waals surface area contributed by atoms with Crippen LogP contribution < -0.4 is 21.5 Å². The van der Waals surface area contributed by atoms with E-state index in [1.807, 2.05) is 24.3 Å². The molecule has 0 aliphatic carbocycles. The van der Waals surface area contributed by atoms with Gasteiger partial charge in [-0.15, -0.1) is 0 Å². The fourth-order valence-electron chi connectivity index (χ4n) is 1.41. The van der Waals surface area contributed by atoms with E-state index < -0.39 is 0 Å². The third-order valence-electron chi connectivity index (χ3n) is 2.18. The van der Waals surface area contributed by atoms with Crippen LogP contribution in [0.5, 0.6) is 0 Å². The predicted molar refractivity (Wildman–Crippen MR) is 67.6 cm³/mol. The van der Waals surface area contributed by atoms with Crippen molar-refractivity contribution in [3.05, 3.63) is 63.3 Å². The van der Waals surface area contributed by atoms with Crippen molar-refractivity contribution < 1.29 is 21.5 Å². The summed E-state index contributed by atoms with van der Waals surface area (Å²) in [5, 5.41) is 0. The monoisotopic (exact) mass is 405 g/mol. The van der Waals surface area contributed by atoms with Crippen LogP contribution in [-0.2, 0) is 6.54 Å². The average molecular weight is 408 g/mol. The Morgan fingerprint density at radius 2 is 1.44 bits per heavy atom. The Kier molecular flexibility index (Phi) is 5.66. The van der Waals surface area contributed by atoms with Gasteiger partial charge in [-0.1, -0.05) is 44.0 Å². The molecule has 0 saturated heterocycles. The zero-order valence-electron chi connectivity index (χ0n) is 8.41. The summed E-state index contributed by atoms with van der Waals surface area (Å²) in [5.74, 6) is 0. The molecule has 1 nitrogen and oxygen atoms in total. The van der Waals surface area contributed by atoms with E-state index in [1.165, 1.54) is 5.56 Å². The second-order valence-electron chi connectivity index (χ2n) is 3.25. The Bertz CT molecular complexity index is 437. The number of halogens is 3. The highest BCUT2D eigenvalue weighted by molar-refractivity contribution is 9.11. The predicted octanol–water partition coefficient (Wildman–Crippen LogP) is 0.551. The molecule has 0 N–H and O–H groups in total. The molecule has 0 fully saturated rings. The van der Waals surface area contributed by atoms with Crippen molar-refractivity contribution in [2.75, 3.05) is 0 Å². The Hall–Kier alpha value is -0.190. The maximum atomic E-state index is 3.56. The van der Waals surface area contributed by atoms with Gasteiger partial charge >= 0.3 is 0 Å². The van der Waals surface area contributed by atoms with Gasteiger partial charge in [0.05, 0.1) is 0 Å². The first-order chi connectivity index (χ1) is 7.27. The second kappa shape index (κ2) is 6.52. The lowest BCUT2D eigenvalue weighted by molar-refractivity contribution is -0.688. The Balaban J connectivity index is 0.00000128. The van der Waals surface area contributed by atoms with Gasteiger partial charge < -0.3 is 17.0 Å². The molecule has 1 aromatic heterocycles. The van der Waals surface area contributed by atoms with Crippen LogP contribution in [0.3, 0.4) is 0 Å². The van der Waals surface area contributed by atoms with Crippen molar-refractivity contribution in [2.24, 2.45) is 0 Å². The van der Waals surface area contributed by atoms with E-state index >= 15 is 0 Å². The molecule has 0 amide bonds. The third kappa shape index (κ3) is 3.40. The lowest BCUT2D eigenvalue weighted by Crippen LogP contribution is -3.00. The number of rotatable bonds is 2. The maximum absolute atomic E-state index is 3.56. The van der Waals surface area contributed by atoms with Crippen molar-refractivity contribution in [3.8, 4) is 0 Å². The number of aromatic nitrogens is 1. The fraction of sp³-hybridized carbons (Fsp3) is 0.0833. The van der Waals surface area contributed by atoms with Crippen LogP contribution >= 0.6 is 31.9 Å². The molecular weight excluding hydrogens is 398 g/mol. The second-order valence-corrected chi connectivity index (χ2v) is 4.96. The molecule has 1 heterocycles. The quantitative estimate of drug-likeness (QED) is 0.640. The zero-order valence-corrected chi connectivity index (χ0v) is 13.2. The van der Waals surface area contributed by atoms with Crippen LogP contribution in [0.25, 0.3) is 0 Å². The van der Waals surface area contributed by atoms with Gasteiger partial charge in [-0.05, 0) is 12.1 Å². The molecule has 0 unspecified atom stereocenters. The van der Waals surface area contributed by atoms with E-state index in [4.69, 9.17) is 0 Å². The largest absolute Gasteiger partial charge is 1.00 e. The fourth-order valence-corrected chi connectivity index (χ4v) is 2.65. The van der Waals surface area contributed by atoms with E-state index in [0.717, 1.165) is 15.5 Å². The van der Waals surface area contributed by atoms with Gasteiger partial charge in [0, 0.05) is 26.6 Å². The summed E-state index contributed by atoms with van der Waals surface area (Å²) in [6.45, 7) is 0.864. The topological polar surface area (TPSA) is 3.88 Å². The minimum atomic E-state index is 0. The first kappa shape index (κ1) is 13.9. The minimum absolute atomic E-state index is 0. The smallest absolute Gasteiger partial charge is 0.175 e. The Labute approximate surface area is 123 Å². The number of hydrogen-bond acceptors (Lipinski definition) is 0. The van der Waals surface area contributed by atoms with Crippen molar-refractivity contribution in [1.29, 1.82) is 0 Å². The third-order valence-corrected chi connectivity index (χ3v) is 3.67. The summed E-state index contributed by atoms with van der Waals surface area (Å²) in [5.41, 5.74) is 1.26. The van der Waals surface area contributed by atoms with Crippen LogP contribution in [0.4, 0.5) is 0 Å². The van der Waals surface area contributed by atoms with Gasteiger partial charge in [0.15, 0.2) is 18.9 Å². The lowest BCUT2D eigenvalue weighted by Gasteiger charge is -2.03. The highest BCUT2D eigenvalue weighted by Crippen LogP contribution is 2.24. The summed E-state index contributed by atoms with van der Waals surface area (Å²) < 4.78 is 4.41. The van der Waals surface area contributed by atoms with Gasteiger partial charge in [-0.25, -0.2) is 4.57 Å². The minimum Gasteiger partial charge on any atom is -1.00 e. The molecule has 1 aromatic carbocycles. The molecule has 16 heavy (non-hydrogen) atoms. The van der Waals surface area contributed by atoms with Crippen LogP contribution in [0.2, 0.25) is 0 Å². The summed E-state index contributed by atoms with van der Waals surface area (Å²) in [6.07, 6.45) is 4.12. The molecule has 0 aliphatic heterocycles. The number of pyridine rings is 1. The van der Waals surface area contributed by atoms with Gasteiger partial charge in [-0.2, -0.15) is 0 Å². The average Bonchev–Trinajstić information content (AvgIpc) is 2.25. The maximum Gasteiger partial charge on any atom is 0.175 e. The standard InChI is InChI=1S/C12H10Br2N.BrH/c13-11-5-4-6-12(14)10(11)9-15-7-2-1-3-8-15;/h1-8H,9H2;1H/q+1;/p-1. The van der Waals surface area contributed by atoms with Crippen LogP contribution in [0.1, 0.15) is 5.56 Å². The van der Waals surface area contributed by atoms with Crippen molar-refractivity contribution in [1.82, 2.24) is 0 Å². The van der Waals surface area contributed by atoms with Gasteiger partial charge in [0.2, 0.25) is 0 Å². The summed E-state index contributed by atoms with van der Waals surface area (Å²) >= 11 is 7.12. The molecule has 84 valence electrons. The molecule has 2 rings (SSSR count). The first-order valence-electron chi connectivity index (χ1n) is 4.64. The van der Waals surface area contributed by atoms with Gasteiger partial charge in [-0.3, -0.25) is 0 Å². The van der Waals surface area contributed by atoms with E-state index in [-0.39, 0.29) is 17.0 Å². The highest BCUT2D eigenvalue weighted by atomic mass is 79.9. The molecule has 4 heteroatoms. The van der Waals surface area contributed by atoms with Crippen molar-refractivity contribution in [3.63, 3.8) is 0 Å². The summed E-state index contributed by atoms with van der Waals surface area (Å²) in [4.78, 5) is 0. The molecule has 0 bridgehead atoms. The Morgan fingerprint density at radius 1 is 0.875 bits per heavy atom. The highest BCUT2D eigenvalue weighted by Gasteiger charge is 2.09. The Morgan fingerprint density at radius 3 is 2.00 bits per heavy atom. The van der Waals surface area contributed by atoms with E-state index in [9.17, 15) is 0 Å². The normalized spacial score (nSPS) is 9.62. The lowest BCUT2D eigenvalue weighted by atomic mass is 10.2. The van der Waals surface area contributed by atoms with E-state index in [1.54, 1.807) is 0 Å². The van der Waals surface area contributed by atoms with Crippen LogP contribution in [-0.4, -0.2) is 0 Å². The molecule has 0 spiro atoms. The van der Waals surface area contributed by atoms with Crippen LogP contribution in [0, 0.1) is 0 Å². The SMILES string of the molecule is Brc1cccc(Br)c1C[n+]1ccccc1.[Br-]. The molecule has 0 radical (unpaired) electrons. The molecule has 2 aromatic rings. The number of benzene rings is 1. The molecule has 0 atom stereocenters. The van der Waals surface area contributed by atoms with E-state index in [2.05, 4.69) is 61.0 Å². The zero-order chi connectivity index (χ0) is 10.7. The first-order valence-corrected chi connectivity index (χ1v) is 6.23. The molecule has 0 saturated carbocycles. The molecule has 0 aliphatic rings. The summed E-state index contributed by atoms with van der Waals surface area (Å²) in [6, 6.07) is 12.2. The molecular formula is C12H10Br3N. The summed E-state index contributed by atoms with van der Waals surface area (Å²) in [7, 11) is 0. The number of hydrogen-bond donors (Lipinski definition) is 0. The van der Waals surface area contributed by atoms with E-state index in [0.29, 0.717) is 0 Å².